The molecule has 1 aromatic heterocycles. The molecule has 0 saturated carbocycles. The van der Waals surface area contributed by atoms with Crippen LogP contribution in [0.1, 0.15) is 46.8 Å². The lowest BCUT2D eigenvalue weighted by Gasteiger charge is -2.40. The predicted octanol–water partition coefficient (Wildman–Crippen LogP) is 4.68. The lowest BCUT2D eigenvalue weighted by molar-refractivity contribution is 0.0990. The van der Waals surface area contributed by atoms with E-state index in [0.29, 0.717) is 18.8 Å². The second-order valence-corrected chi connectivity index (χ2v) is 10.0. The van der Waals surface area contributed by atoms with Gasteiger partial charge in [0.2, 0.25) is 5.82 Å². The first kappa shape index (κ1) is 24.1. The maximum atomic E-state index is 14.2. The summed E-state index contributed by atoms with van der Waals surface area (Å²) >= 11 is 0. The van der Waals surface area contributed by atoms with Crippen LogP contribution in [0, 0.1) is 12.3 Å². The van der Waals surface area contributed by atoms with Gasteiger partial charge in [0.15, 0.2) is 0 Å². The SMILES string of the molecule is Cc1nc(C(N)=O)nn1-c1ccc(C[C@]2(CN3CCCC(F)C3)C=CC(c3ccccc3)=CC2)cc1. The molecule has 6 nitrogen and oxygen atoms in total. The number of primary amides is 1. The molecule has 36 heavy (non-hydrogen) atoms. The summed E-state index contributed by atoms with van der Waals surface area (Å²) in [5, 5.41) is 4.23. The Bertz CT molecular complexity index is 1280. The van der Waals surface area contributed by atoms with Crippen molar-refractivity contribution >= 4 is 11.5 Å². The molecule has 1 aliphatic carbocycles. The second kappa shape index (κ2) is 10.2. The van der Waals surface area contributed by atoms with Gasteiger partial charge in [-0.05, 0) is 68.0 Å². The van der Waals surface area contributed by atoms with Crippen molar-refractivity contribution in [3.8, 4) is 5.69 Å². The first-order valence-electron chi connectivity index (χ1n) is 12.5. The Labute approximate surface area is 211 Å². The molecule has 2 N–H and O–H groups in total. The predicted molar refractivity (Wildman–Crippen MR) is 139 cm³/mol. The molecule has 5 rings (SSSR count). The third-order valence-corrected chi connectivity index (χ3v) is 7.17. The van der Waals surface area contributed by atoms with Crippen LogP contribution in [0.3, 0.4) is 0 Å². The highest BCUT2D eigenvalue weighted by Gasteiger charge is 2.33. The lowest BCUT2D eigenvalue weighted by Crippen LogP contribution is -2.44. The zero-order valence-corrected chi connectivity index (χ0v) is 20.6. The third-order valence-electron chi connectivity index (χ3n) is 7.17. The number of allylic oxidation sites excluding steroid dienone is 3. The van der Waals surface area contributed by atoms with E-state index >= 15 is 0 Å². The number of aromatic nitrogens is 3. The van der Waals surface area contributed by atoms with Crippen LogP contribution < -0.4 is 5.73 Å². The summed E-state index contributed by atoms with van der Waals surface area (Å²) < 4.78 is 15.8. The summed E-state index contributed by atoms with van der Waals surface area (Å²) in [6.07, 6.45) is 9.47. The Kier molecular flexibility index (Phi) is 6.83. The van der Waals surface area contributed by atoms with Gasteiger partial charge in [-0.3, -0.25) is 9.69 Å². The third kappa shape index (κ3) is 5.31. The molecule has 0 spiro atoms. The van der Waals surface area contributed by atoms with Crippen molar-refractivity contribution in [2.24, 2.45) is 11.1 Å². The number of benzene rings is 2. The van der Waals surface area contributed by atoms with Crippen molar-refractivity contribution in [2.75, 3.05) is 19.6 Å². The Morgan fingerprint density at radius 1 is 1.17 bits per heavy atom. The summed E-state index contributed by atoms with van der Waals surface area (Å²) in [6.45, 7) is 4.08. The Hall–Kier alpha value is -3.58. The zero-order valence-electron chi connectivity index (χ0n) is 20.6. The maximum Gasteiger partial charge on any atom is 0.288 e. The van der Waals surface area contributed by atoms with E-state index in [2.05, 4.69) is 69.6 Å². The van der Waals surface area contributed by atoms with Crippen LogP contribution in [-0.4, -0.2) is 51.4 Å². The van der Waals surface area contributed by atoms with Crippen LogP contribution in [-0.2, 0) is 6.42 Å². The fourth-order valence-corrected chi connectivity index (χ4v) is 5.35. The van der Waals surface area contributed by atoms with E-state index in [1.54, 1.807) is 11.6 Å². The highest BCUT2D eigenvalue weighted by molar-refractivity contribution is 5.88. The largest absolute Gasteiger partial charge is 0.363 e. The average molecular weight is 486 g/mol. The van der Waals surface area contributed by atoms with E-state index in [1.807, 2.05) is 18.2 Å². The number of amides is 1. The minimum atomic E-state index is -0.741. The minimum Gasteiger partial charge on any atom is -0.363 e. The Balaban J connectivity index is 1.38. The van der Waals surface area contributed by atoms with Crippen molar-refractivity contribution in [1.82, 2.24) is 19.7 Å². The van der Waals surface area contributed by atoms with Crippen molar-refractivity contribution in [3.63, 3.8) is 0 Å². The Morgan fingerprint density at radius 3 is 2.58 bits per heavy atom. The normalized spacial score (nSPS) is 22.4. The number of aryl methyl sites for hydroxylation is 1. The maximum absolute atomic E-state index is 14.2. The van der Waals surface area contributed by atoms with Gasteiger partial charge in [0.25, 0.3) is 5.91 Å². The van der Waals surface area contributed by atoms with E-state index in [1.165, 1.54) is 16.7 Å². The van der Waals surface area contributed by atoms with Gasteiger partial charge in [-0.1, -0.05) is 60.7 Å². The fourth-order valence-electron chi connectivity index (χ4n) is 5.35. The second-order valence-electron chi connectivity index (χ2n) is 10.0. The molecule has 2 atom stereocenters. The Morgan fingerprint density at radius 2 is 1.94 bits per heavy atom. The smallest absolute Gasteiger partial charge is 0.288 e. The lowest BCUT2D eigenvalue weighted by atomic mass is 9.74. The molecule has 7 heteroatoms. The van der Waals surface area contributed by atoms with Crippen molar-refractivity contribution in [2.45, 2.75) is 38.8 Å². The van der Waals surface area contributed by atoms with Gasteiger partial charge in [-0.15, -0.1) is 5.10 Å². The van der Waals surface area contributed by atoms with Crippen molar-refractivity contribution in [3.05, 3.63) is 95.6 Å². The van der Waals surface area contributed by atoms with E-state index in [9.17, 15) is 9.18 Å². The van der Waals surface area contributed by atoms with Crippen LogP contribution in [0.15, 0.2) is 72.8 Å². The number of rotatable bonds is 7. The van der Waals surface area contributed by atoms with Gasteiger partial charge in [-0.2, -0.15) is 0 Å². The highest BCUT2D eigenvalue weighted by Crippen LogP contribution is 2.38. The summed E-state index contributed by atoms with van der Waals surface area (Å²) in [4.78, 5) is 17.9. The molecule has 2 aromatic carbocycles. The summed E-state index contributed by atoms with van der Waals surface area (Å²) in [6, 6.07) is 18.6. The molecule has 0 bridgehead atoms. The zero-order chi connectivity index (χ0) is 25.1. The number of alkyl halides is 1. The number of halogens is 1. The fraction of sp³-hybridized carbons (Fsp3) is 0.345. The van der Waals surface area contributed by atoms with E-state index < -0.39 is 12.1 Å². The highest BCUT2D eigenvalue weighted by atomic mass is 19.1. The molecule has 186 valence electrons. The number of nitrogens with zero attached hydrogens (tertiary/aromatic N) is 4. The molecular weight excluding hydrogens is 453 g/mol. The minimum absolute atomic E-state index is 0.0107. The molecular formula is C29H32FN5O. The molecule has 1 saturated heterocycles. The molecule has 1 aliphatic heterocycles. The monoisotopic (exact) mass is 485 g/mol. The molecule has 2 heterocycles. The van der Waals surface area contributed by atoms with Crippen LogP contribution in [0.5, 0.6) is 0 Å². The van der Waals surface area contributed by atoms with Gasteiger partial charge < -0.3 is 5.73 Å². The van der Waals surface area contributed by atoms with E-state index in [0.717, 1.165) is 38.0 Å². The first-order valence-corrected chi connectivity index (χ1v) is 12.5. The summed E-state index contributed by atoms with van der Waals surface area (Å²) in [7, 11) is 0. The summed E-state index contributed by atoms with van der Waals surface area (Å²) in [5.74, 6) is -0.0279. The number of hydrogen-bond donors (Lipinski definition) is 1. The standard InChI is InChI=1S/C29H32FN5O/c1-21-32-28(27(31)36)33-35(21)26-11-9-22(10-12-26)18-29(20-34-17-5-8-25(30)19-34)15-13-24(14-16-29)23-6-3-2-4-7-23/h2-4,6-7,9-15,25H,5,8,16-20H2,1H3,(H2,31,36)/t25?,29-/m0/s1. The van der Waals surface area contributed by atoms with Gasteiger partial charge in [0.05, 0.1) is 5.69 Å². The molecule has 1 amide bonds. The van der Waals surface area contributed by atoms with Crippen LogP contribution in [0.2, 0.25) is 0 Å². The van der Waals surface area contributed by atoms with Crippen LogP contribution >= 0.6 is 0 Å². The molecule has 1 fully saturated rings. The number of likely N-dealkylation sites (tertiary alicyclic amines) is 1. The first-order chi connectivity index (χ1) is 17.4. The van der Waals surface area contributed by atoms with Gasteiger partial charge in [0, 0.05) is 18.5 Å². The number of nitrogens with two attached hydrogens (primary N) is 1. The van der Waals surface area contributed by atoms with Crippen LogP contribution in [0.4, 0.5) is 4.39 Å². The molecule has 0 radical (unpaired) electrons. The molecule has 3 aromatic rings. The van der Waals surface area contributed by atoms with Crippen molar-refractivity contribution in [1.29, 1.82) is 0 Å². The van der Waals surface area contributed by atoms with Gasteiger partial charge >= 0.3 is 0 Å². The number of piperidine rings is 1. The number of carbonyl (C=O) groups excluding carboxylic acids is 1. The molecule has 2 aliphatic rings. The van der Waals surface area contributed by atoms with E-state index in [4.69, 9.17) is 5.73 Å². The van der Waals surface area contributed by atoms with Crippen LogP contribution in [0.25, 0.3) is 11.3 Å². The topological polar surface area (TPSA) is 77.0 Å². The number of carbonyl (C=O) groups is 1. The van der Waals surface area contributed by atoms with E-state index in [-0.39, 0.29) is 11.2 Å². The summed E-state index contributed by atoms with van der Waals surface area (Å²) in [5.41, 5.74) is 9.69. The number of hydrogen-bond acceptors (Lipinski definition) is 4. The van der Waals surface area contributed by atoms with Gasteiger partial charge in [0.1, 0.15) is 12.0 Å². The average Bonchev–Trinajstić information content (AvgIpc) is 3.27. The van der Waals surface area contributed by atoms with Gasteiger partial charge in [-0.25, -0.2) is 14.1 Å². The quantitative estimate of drug-likeness (QED) is 0.527. The molecule has 1 unspecified atom stereocenters. The van der Waals surface area contributed by atoms with Crippen molar-refractivity contribution < 1.29 is 9.18 Å².